The molecule has 3 unspecified atom stereocenters. The molecule has 2 fully saturated rings. The monoisotopic (exact) mass is 307 g/mol. The molecular weight excluding hydrogens is 279 g/mol. The molecule has 2 rings (SSSR count). The van der Waals surface area contributed by atoms with Crippen molar-refractivity contribution in [2.75, 3.05) is 26.7 Å². The van der Waals surface area contributed by atoms with Crippen LogP contribution in [0.4, 0.5) is 13.2 Å². The number of halogens is 3. The van der Waals surface area contributed by atoms with Crippen molar-refractivity contribution in [3.05, 3.63) is 0 Å². The Morgan fingerprint density at radius 3 is 2.38 bits per heavy atom. The van der Waals surface area contributed by atoms with Crippen LogP contribution in [0.15, 0.2) is 0 Å². The van der Waals surface area contributed by atoms with Gasteiger partial charge in [-0.15, -0.1) is 0 Å². The number of likely N-dealkylation sites (tertiary alicyclic amines) is 1. The smallest absolute Gasteiger partial charge is 0.329 e. The van der Waals surface area contributed by atoms with Gasteiger partial charge in [0.1, 0.15) is 0 Å². The van der Waals surface area contributed by atoms with Crippen molar-refractivity contribution in [2.45, 2.75) is 69.2 Å². The third-order valence-corrected chi connectivity index (χ3v) is 5.53. The van der Waals surface area contributed by atoms with E-state index in [2.05, 4.69) is 16.8 Å². The number of nitrogens with two attached hydrogens (primary N) is 1. The molecule has 2 bridgehead atoms. The fraction of sp³-hybridized carbons (Fsp3) is 1.00. The van der Waals surface area contributed by atoms with Crippen LogP contribution >= 0.6 is 0 Å². The van der Waals surface area contributed by atoms with Crippen LogP contribution in [0.1, 0.15) is 45.4 Å². The van der Waals surface area contributed by atoms with Crippen LogP contribution in [-0.4, -0.2) is 60.3 Å². The van der Waals surface area contributed by atoms with Crippen molar-refractivity contribution in [1.82, 2.24) is 9.80 Å². The van der Waals surface area contributed by atoms with Gasteiger partial charge in [0.05, 0.1) is 0 Å². The fourth-order valence-corrected chi connectivity index (χ4v) is 3.86. The van der Waals surface area contributed by atoms with Gasteiger partial charge in [0.25, 0.3) is 0 Å². The molecule has 2 heterocycles. The molecule has 0 spiro atoms. The largest absolute Gasteiger partial charge is 0.389 e. The standard InChI is InChI=1S/C15H28F3N3/c1-14(11-19,7-3-8-15(16,17)18)21-9-6-12-4-5-13(10-21)20(12)2/h12-13H,3-11,19H2,1-2H3. The molecule has 124 valence electrons. The van der Waals surface area contributed by atoms with E-state index in [-0.39, 0.29) is 12.0 Å². The SMILES string of the molecule is CN1C2CCC1CN(C(C)(CN)CCCC(F)(F)F)CC2. The van der Waals surface area contributed by atoms with E-state index in [1.54, 1.807) is 0 Å². The first-order valence-electron chi connectivity index (χ1n) is 7.99. The summed E-state index contributed by atoms with van der Waals surface area (Å²) in [5.74, 6) is 0. The maximum Gasteiger partial charge on any atom is 0.389 e. The molecule has 2 aliphatic heterocycles. The summed E-state index contributed by atoms with van der Waals surface area (Å²) in [6, 6.07) is 1.17. The lowest BCUT2D eigenvalue weighted by atomic mass is 9.91. The Morgan fingerprint density at radius 1 is 1.10 bits per heavy atom. The lowest BCUT2D eigenvalue weighted by Crippen LogP contribution is -2.54. The van der Waals surface area contributed by atoms with E-state index in [0.717, 1.165) is 19.5 Å². The average molecular weight is 307 g/mol. The molecule has 2 saturated heterocycles. The van der Waals surface area contributed by atoms with E-state index < -0.39 is 12.6 Å². The van der Waals surface area contributed by atoms with Crippen LogP contribution in [0.5, 0.6) is 0 Å². The lowest BCUT2D eigenvalue weighted by Gasteiger charge is -2.42. The van der Waals surface area contributed by atoms with Gasteiger partial charge < -0.3 is 5.73 Å². The van der Waals surface area contributed by atoms with E-state index in [0.29, 0.717) is 25.0 Å². The van der Waals surface area contributed by atoms with Crippen LogP contribution in [0.3, 0.4) is 0 Å². The normalized spacial score (nSPS) is 31.1. The molecule has 0 saturated carbocycles. The summed E-state index contributed by atoms with van der Waals surface area (Å²) in [4.78, 5) is 4.80. The van der Waals surface area contributed by atoms with E-state index in [4.69, 9.17) is 5.73 Å². The highest BCUT2D eigenvalue weighted by molar-refractivity contribution is 4.97. The number of alkyl halides is 3. The highest BCUT2D eigenvalue weighted by Crippen LogP contribution is 2.33. The van der Waals surface area contributed by atoms with Gasteiger partial charge in [-0.25, -0.2) is 0 Å². The van der Waals surface area contributed by atoms with Gasteiger partial charge >= 0.3 is 6.18 Å². The van der Waals surface area contributed by atoms with E-state index in [9.17, 15) is 13.2 Å². The molecule has 2 N–H and O–H groups in total. The van der Waals surface area contributed by atoms with Crippen molar-refractivity contribution in [3.8, 4) is 0 Å². The third kappa shape index (κ3) is 4.11. The van der Waals surface area contributed by atoms with Crippen LogP contribution in [0.2, 0.25) is 0 Å². The Bertz CT molecular complexity index is 348. The minimum Gasteiger partial charge on any atom is -0.329 e. The maximum absolute atomic E-state index is 12.4. The summed E-state index contributed by atoms with van der Waals surface area (Å²) in [6.07, 6.45) is -0.539. The summed E-state index contributed by atoms with van der Waals surface area (Å²) < 4.78 is 37.1. The second kappa shape index (κ2) is 6.42. The lowest BCUT2D eigenvalue weighted by molar-refractivity contribution is -0.136. The molecule has 21 heavy (non-hydrogen) atoms. The Balaban J connectivity index is 1.96. The van der Waals surface area contributed by atoms with Gasteiger partial charge in [-0.2, -0.15) is 13.2 Å². The molecule has 3 atom stereocenters. The molecule has 0 aromatic carbocycles. The number of hydrogen-bond acceptors (Lipinski definition) is 3. The minimum absolute atomic E-state index is 0.164. The summed E-state index contributed by atoms with van der Waals surface area (Å²) in [6.45, 7) is 4.34. The van der Waals surface area contributed by atoms with Crippen LogP contribution in [0.25, 0.3) is 0 Å². The quantitative estimate of drug-likeness (QED) is 0.847. The van der Waals surface area contributed by atoms with E-state index >= 15 is 0 Å². The number of hydrogen-bond donors (Lipinski definition) is 1. The van der Waals surface area contributed by atoms with Crippen molar-refractivity contribution in [2.24, 2.45) is 5.73 Å². The minimum atomic E-state index is -4.06. The number of rotatable bonds is 5. The van der Waals surface area contributed by atoms with Crippen LogP contribution in [0, 0.1) is 0 Å². The predicted molar refractivity (Wildman–Crippen MR) is 78.1 cm³/mol. The first kappa shape index (κ1) is 17.0. The summed E-state index contributed by atoms with van der Waals surface area (Å²) in [5.41, 5.74) is 5.63. The highest BCUT2D eigenvalue weighted by atomic mass is 19.4. The molecule has 0 aromatic heterocycles. The molecule has 0 radical (unpaired) electrons. The Morgan fingerprint density at radius 2 is 1.76 bits per heavy atom. The van der Waals surface area contributed by atoms with Crippen molar-refractivity contribution in [3.63, 3.8) is 0 Å². The van der Waals surface area contributed by atoms with Gasteiger partial charge in [0.15, 0.2) is 0 Å². The zero-order valence-electron chi connectivity index (χ0n) is 13.1. The maximum atomic E-state index is 12.4. The molecule has 0 amide bonds. The van der Waals surface area contributed by atoms with Crippen molar-refractivity contribution >= 4 is 0 Å². The van der Waals surface area contributed by atoms with Gasteiger partial charge in [0, 0.05) is 43.7 Å². The van der Waals surface area contributed by atoms with Crippen LogP contribution in [-0.2, 0) is 0 Å². The zero-order valence-corrected chi connectivity index (χ0v) is 13.1. The Hall–Kier alpha value is -0.330. The molecule has 0 aliphatic carbocycles. The summed E-state index contributed by atoms with van der Waals surface area (Å²) in [5, 5.41) is 0. The topological polar surface area (TPSA) is 32.5 Å². The number of nitrogens with zero attached hydrogens (tertiary/aromatic N) is 2. The third-order valence-electron chi connectivity index (χ3n) is 5.53. The highest BCUT2D eigenvalue weighted by Gasteiger charge is 2.40. The van der Waals surface area contributed by atoms with Crippen molar-refractivity contribution in [1.29, 1.82) is 0 Å². The van der Waals surface area contributed by atoms with Gasteiger partial charge in [-0.3, -0.25) is 9.80 Å². The van der Waals surface area contributed by atoms with Gasteiger partial charge in [0.2, 0.25) is 0 Å². The Labute approximate surface area is 125 Å². The van der Waals surface area contributed by atoms with E-state index in [1.165, 1.54) is 12.8 Å². The number of likely N-dealkylation sites (N-methyl/N-ethyl adjacent to an activating group) is 1. The fourth-order valence-electron chi connectivity index (χ4n) is 3.86. The second-order valence-corrected chi connectivity index (χ2v) is 6.95. The van der Waals surface area contributed by atoms with Crippen molar-refractivity contribution < 1.29 is 13.2 Å². The molecule has 3 nitrogen and oxygen atoms in total. The van der Waals surface area contributed by atoms with Crippen LogP contribution < -0.4 is 5.73 Å². The summed E-state index contributed by atoms with van der Waals surface area (Å²) in [7, 11) is 2.18. The van der Waals surface area contributed by atoms with Gasteiger partial charge in [-0.1, -0.05) is 0 Å². The average Bonchev–Trinajstić information content (AvgIpc) is 2.61. The summed E-state index contributed by atoms with van der Waals surface area (Å²) >= 11 is 0. The zero-order chi connectivity index (χ0) is 15.7. The second-order valence-electron chi connectivity index (χ2n) is 6.95. The van der Waals surface area contributed by atoms with Gasteiger partial charge in [-0.05, 0) is 46.1 Å². The predicted octanol–water partition coefficient (Wildman–Crippen LogP) is 2.60. The molecule has 6 heteroatoms. The number of fused-ring (bicyclic) bond motifs is 2. The Kier molecular flexibility index (Phi) is 5.21. The molecular formula is C15H28F3N3. The first-order chi connectivity index (χ1) is 9.75. The first-order valence-corrected chi connectivity index (χ1v) is 7.99. The van der Waals surface area contributed by atoms with E-state index in [1.807, 2.05) is 6.92 Å². The molecule has 0 aromatic rings. The molecule has 2 aliphatic rings.